The molecule has 0 bridgehead atoms. The lowest BCUT2D eigenvalue weighted by Gasteiger charge is -2.28. The summed E-state index contributed by atoms with van der Waals surface area (Å²) >= 11 is 0. The molecule has 28 heavy (non-hydrogen) atoms. The van der Waals surface area contributed by atoms with E-state index >= 15 is 0 Å². The fourth-order valence-electron chi connectivity index (χ4n) is 2.88. The first-order chi connectivity index (χ1) is 12.8. The van der Waals surface area contributed by atoms with E-state index in [4.69, 9.17) is 4.74 Å². The van der Waals surface area contributed by atoms with Gasteiger partial charge in [-0.1, -0.05) is 40.0 Å². The zero-order chi connectivity index (χ0) is 20.1. The summed E-state index contributed by atoms with van der Waals surface area (Å²) in [5.41, 5.74) is 0.202. The van der Waals surface area contributed by atoms with Crippen LogP contribution in [0.4, 0.5) is 0 Å². The molecule has 1 fully saturated rings. The summed E-state index contributed by atoms with van der Waals surface area (Å²) in [5, 5.41) is 6.83. The molecular formula is C20H42IN5O2. The van der Waals surface area contributed by atoms with Crippen LogP contribution in [0.2, 0.25) is 0 Å². The molecule has 1 aliphatic rings. The second-order valence-electron chi connectivity index (χ2n) is 8.31. The second kappa shape index (κ2) is 15.3. The number of amides is 1. The Balaban J connectivity index is 0.00000729. The molecular weight excluding hydrogens is 469 g/mol. The summed E-state index contributed by atoms with van der Waals surface area (Å²) in [6, 6.07) is 0. The van der Waals surface area contributed by atoms with Crippen LogP contribution in [-0.4, -0.2) is 88.2 Å². The number of unbranched alkanes of at least 4 members (excludes halogenated alkanes) is 2. The van der Waals surface area contributed by atoms with Gasteiger partial charge < -0.3 is 20.3 Å². The number of carbonyl (C=O) groups excluding carboxylic acids is 1. The van der Waals surface area contributed by atoms with Crippen molar-refractivity contribution in [2.75, 3.05) is 66.6 Å². The maximum atomic E-state index is 11.9. The van der Waals surface area contributed by atoms with Crippen molar-refractivity contribution in [3.05, 3.63) is 0 Å². The van der Waals surface area contributed by atoms with Crippen LogP contribution in [0.5, 0.6) is 0 Å². The zero-order valence-corrected chi connectivity index (χ0v) is 20.9. The number of hydrogen-bond donors (Lipinski definition) is 2. The molecule has 0 radical (unpaired) electrons. The summed E-state index contributed by atoms with van der Waals surface area (Å²) in [5.74, 6) is 0.730. The molecule has 0 spiro atoms. The number of rotatable bonds is 11. The number of nitrogens with zero attached hydrogens (tertiary/aromatic N) is 3. The molecule has 1 saturated heterocycles. The zero-order valence-electron chi connectivity index (χ0n) is 18.6. The lowest BCUT2D eigenvalue weighted by Crippen LogP contribution is -2.46. The summed E-state index contributed by atoms with van der Waals surface area (Å²) in [6.45, 7) is 13.1. The Kier molecular flexibility index (Phi) is 14.9. The average molecular weight is 511 g/mol. The van der Waals surface area contributed by atoms with E-state index < -0.39 is 0 Å². The van der Waals surface area contributed by atoms with Crippen molar-refractivity contribution >= 4 is 35.8 Å². The maximum Gasteiger partial charge on any atom is 0.243 e. The largest absolute Gasteiger partial charge is 0.379 e. The Morgan fingerprint density at radius 3 is 2.46 bits per heavy atom. The monoisotopic (exact) mass is 511 g/mol. The topological polar surface area (TPSA) is 69.2 Å². The first kappa shape index (κ1) is 27.4. The number of ether oxygens (including phenoxy) is 1. The van der Waals surface area contributed by atoms with Gasteiger partial charge in [0.1, 0.15) is 6.54 Å². The molecule has 2 N–H and O–H groups in total. The van der Waals surface area contributed by atoms with E-state index in [1.165, 1.54) is 25.7 Å². The van der Waals surface area contributed by atoms with Gasteiger partial charge in [-0.15, -0.1) is 24.0 Å². The molecule has 0 aliphatic carbocycles. The number of halogens is 1. The van der Waals surface area contributed by atoms with Gasteiger partial charge in [0.25, 0.3) is 0 Å². The van der Waals surface area contributed by atoms with Gasteiger partial charge in [0.2, 0.25) is 5.91 Å². The lowest BCUT2D eigenvalue weighted by molar-refractivity contribution is -0.127. The summed E-state index contributed by atoms with van der Waals surface area (Å²) in [7, 11) is 3.52. The van der Waals surface area contributed by atoms with Crippen molar-refractivity contribution in [1.29, 1.82) is 0 Å². The molecule has 8 heteroatoms. The molecule has 0 aromatic carbocycles. The third-order valence-electron chi connectivity index (χ3n) is 4.89. The van der Waals surface area contributed by atoms with Crippen LogP contribution in [-0.2, 0) is 9.53 Å². The van der Waals surface area contributed by atoms with Gasteiger partial charge in [-0.25, -0.2) is 4.99 Å². The van der Waals surface area contributed by atoms with Crippen molar-refractivity contribution in [2.45, 2.75) is 46.5 Å². The van der Waals surface area contributed by atoms with Crippen LogP contribution in [0.15, 0.2) is 4.99 Å². The minimum atomic E-state index is 0. The van der Waals surface area contributed by atoms with Crippen LogP contribution < -0.4 is 10.6 Å². The number of aliphatic imine (C=N–C) groups is 1. The molecule has 0 aromatic rings. The highest BCUT2D eigenvalue weighted by Gasteiger charge is 2.18. The summed E-state index contributed by atoms with van der Waals surface area (Å²) < 4.78 is 5.39. The third-order valence-corrected chi connectivity index (χ3v) is 4.89. The average Bonchev–Trinajstić information content (AvgIpc) is 2.64. The first-order valence-electron chi connectivity index (χ1n) is 10.4. The number of nitrogens with one attached hydrogen (secondary N) is 2. The quantitative estimate of drug-likeness (QED) is 0.193. The van der Waals surface area contributed by atoms with Gasteiger partial charge in [-0.05, 0) is 11.8 Å². The van der Waals surface area contributed by atoms with Crippen molar-refractivity contribution in [3.63, 3.8) is 0 Å². The SMILES string of the molecule is CCCCCC(C)(C)CNC(=NCC(=O)N(C)C)NCCN1CCOCC1.I. The van der Waals surface area contributed by atoms with Crippen molar-refractivity contribution in [1.82, 2.24) is 20.4 Å². The fraction of sp³-hybridized carbons (Fsp3) is 0.900. The van der Waals surface area contributed by atoms with Crippen molar-refractivity contribution in [3.8, 4) is 0 Å². The van der Waals surface area contributed by atoms with Crippen LogP contribution in [0.25, 0.3) is 0 Å². The number of guanidine groups is 1. The Morgan fingerprint density at radius 1 is 1.18 bits per heavy atom. The van der Waals surface area contributed by atoms with Gasteiger partial charge in [-0.3, -0.25) is 9.69 Å². The van der Waals surface area contributed by atoms with E-state index in [-0.39, 0.29) is 41.8 Å². The minimum Gasteiger partial charge on any atom is -0.379 e. The second-order valence-corrected chi connectivity index (χ2v) is 8.31. The Labute approximate surface area is 189 Å². The van der Waals surface area contributed by atoms with E-state index in [0.717, 1.165) is 51.9 Å². The lowest BCUT2D eigenvalue weighted by atomic mass is 9.87. The molecule has 0 aromatic heterocycles. The van der Waals surface area contributed by atoms with Crippen LogP contribution in [0, 0.1) is 5.41 Å². The fourth-order valence-corrected chi connectivity index (χ4v) is 2.88. The van der Waals surface area contributed by atoms with Crippen LogP contribution in [0.1, 0.15) is 46.5 Å². The van der Waals surface area contributed by atoms with Crippen molar-refractivity contribution in [2.24, 2.45) is 10.4 Å². The predicted molar refractivity (Wildman–Crippen MR) is 128 cm³/mol. The van der Waals surface area contributed by atoms with E-state index in [2.05, 4.69) is 41.3 Å². The highest BCUT2D eigenvalue weighted by molar-refractivity contribution is 14.0. The van der Waals surface area contributed by atoms with Gasteiger partial charge >= 0.3 is 0 Å². The smallest absolute Gasteiger partial charge is 0.243 e. The molecule has 1 aliphatic heterocycles. The third kappa shape index (κ3) is 12.8. The van der Waals surface area contributed by atoms with E-state index in [1.807, 2.05) is 0 Å². The maximum absolute atomic E-state index is 11.9. The standard InChI is InChI=1S/C20H41N5O2.HI/c1-6-7-8-9-20(2,3)17-23-19(22-16-18(26)24(4)5)21-10-11-25-12-14-27-15-13-25;/h6-17H2,1-5H3,(H2,21,22,23);1H. The van der Waals surface area contributed by atoms with E-state index in [0.29, 0.717) is 0 Å². The number of likely N-dealkylation sites (N-methyl/N-ethyl adjacent to an activating group) is 1. The Bertz CT molecular complexity index is 452. The van der Waals surface area contributed by atoms with Crippen LogP contribution >= 0.6 is 24.0 Å². The molecule has 1 rings (SSSR count). The normalized spacial score (nSPS) is 15.7. The molecule has 0 atom stereocenters. The van der Waals surface area contributed by atoms with Gasteiger partial charge in [0, 0.05) is 46.8 Å². The first-order valence-corrected chi connectivity index (χ1v) is 10.4. The highest BCUT2D eigenvalue weighted by atomic mass is 127. The van der Waals surface area contributed by atoms with Gasteiger partial charge in [0.15, 0.2) is 5.96 Å². The molecule has 1 amide bonds. The Hall–Kier alpha value is -0.610. The summed E-state index contributed by atoms with van der Waals surface area (Å²) in [6.07, 6.45) is 4.96. The molecule has 7 nitrogen and oxygen atoms in total. The number of morpholine rings is 1. The highest BCUT2D eigenvalue weighted by Crippen LogP contribution is 2.22. The van der Waals surface area contributed by atoms with Gasteiger partial charge in [0.05, 0.1) is 13.2 Å². The Morgan fingerprint density at radius 2 is 1.86 bits per heavy atom. The minimum absolute atomic E-state index is 0. The van der Waals surface area contributed by atoms with Gasteiger partial charge in [-0.2, -0.15) is 0 Å². The molecule has 0 saturated carbocycles. The van der Waals surface area contributed by atoms with E-state index in [1.54, 1.807) is 19.0 Å². The molecule has 1 heterocycles. The molecule has 166 valence electrons. The molecule has 0 unspecified atom stereocenters. The number of carbonyl (C=O) groups is 1. The van der Waals surface area contributed by atoms with E-state index in [9.17, 15) is 4.79 Å². The predicted octanol–water partition coefficient (Wildman–Crippen LogP) is 2.17. The van der Waals surface area contributed by atoms with Crippen LogP contribution in [0.3, 0.4) is 0 Å². The number of hydrogen-bond acceptors (Lipinski definition) is 4. The summed E-state index contributed by atoms with van der Waals surface area (Å²) in [4.78, 5) is 20.3. The van der Waals surface area contributed by atoms with Crippen molar-refractivity contribution < 1.29 is 9.53 Å².